The first-order valence-corrected chi connectivity index (χ1v) is 20.0. The Kier molecular flexibility index (Phi) is 11.8. The maximum Gasteiger partial charge on any atom is 0.307 e. The topological polar surface area (TPSA) is 124 Å². The number of hydrogen-bond donors (Lipinski definition) is 4. The summed E-state index contributed by atoms with van der Waals surface area (Å²) in [6, 6.07) is 41.4. The Labute approximate surface area is 332 Å². The van der Waals surface area contributed by atoms with Crippen molar-refractivity contribution in [1.29, 1.82) is 0 Å². The highest BCUT2D eigenvalue weighted by atomic mass is 16.5. The molecule has 0 aliphatic carbocycles. The highest BCUT2D eigenvalue weighted by Gasteiger charge is 2.37. The Bertz CT molecular complexity index is 2340. The zero-order valence-corrected chi connectivity index (χ0v) is 32.0. The molecule has 3 aliphatic rings. The van der Waals surface area contributed by atoms with Gasteiger partial charge in [-0.05, 0) is 95.1 Å². The van der Waals surface area contributed by atoms with Gasteiger partial charge in [0.2, 0.25) is 5.56 Å². The number of aromatic nitrogens is 1. The van der Waals surface area contributed by atoms with Crippen LogP contribution in [-0.2, 0) is 22.5 Å². The summed E-state index contributed by atoms with van der Waals surface area (Å²) in [5.74, 6) is 0.972. The lowest BCUT2D eigenvalue weighted by molar-refractivity contribution is -0.159. The number of aromatic amines is 1. The van der Waals surface area contributed by atoms with Gasteiger partial charge in [-0.1, -0.05) is 97.1 Å². The van der Waals surface area contributed by atoms with Crippen LogP contribution in [0.2, 0.25) is 0 Å². The van der Waals surface area contributed by atoms with Crippen LogP contribution in [0.3, 0.4) is 0 Å². The normalized spacial score (nSPS) is 18.6. The van der Waals surface area contributed by atoms with Crippen molar-refractivity contribution in [3.8, 4) is 22.6 Å². The van der Waals surface area contributed by atoms with Crippen LogP contribution in [0.25, 0.3) is 22.0 Å². The predicted molar refractivity (Wildman–Crippen MR) is 222 cm³/mol. The van der Waals surface area contributed by atoms with Gasteiger partial charge >= 0.3 is 5.97 Å². The number of aliphatic hydroxyl groups excluding tert-OH is 1. The molecule has 0 saturated carbocycles. The maximum absolute atomic E-state index is 13.3. The minimum atomic E-state index is -0.818. The number of ether oxygens (including phenoxy) is 2. The van der Waals surface area contributed by atoms with Crippen molar-refractivity contribution in [2.75, 3.05) is 32.8 Å². The number of carbonyl (C=O) groups is 1. The molecule has 0 radical (unpaired) electrons. The lowest BCUT2D eigenvalue weighted by Crippen LogP contribution is -2.52. The lowest BCUT2D eigenvalue weighted by Gasteiger charge is -2.44. The molecule has 3 saturated heterocycles. The number of hydrogen-bond acceptors (Lipinski definition) is 8. The second-order valence-electron chi connectivity index (χ2n) is 15.3. The van der Waals surface area contributed by atoms with E-state index in [9.17, 15) is 19.8 Å². The molecule has 57 heavy (non-hydrogen) atoms. The third-order valence-corrected chi connectivity index (χ3v) is 11.5. The molecule has 1 aromatic heterocycles. The number of H-pyrrole nitrogens is 1. The Morgan fingerprint density at radius 2 is 1.54 bits per heavy atom. The van der Waals surface area contributed by atoms with Crippen molar-refractivity contribution < 1.29 is 24.5 Å². The standard InChI is InChI=1S/C48H49N3O6/c52-43-19-17-40(41-18-20-46(54)50-48(41)43)44(53)30-49-29-33-11-15-35(16-12-33)34-13-9-32(10-14-34)23-26-56-39-8-4-7-38(27-39)42(36-5-2-1-3-6-36)28-47(55)57-45-31-51-24-21-37(45)22-25-51/h1-20,27,37,42,44-45,49,52-53H,21-26,28-31H2,(H,50,54)/t42?,44-,45-/m0/s1. The van der Waals surface area contributed by atoms with Gasteiger partial charge in [-0.2, -0.15) is 0 Å². The number of phenols is 1. The van der Waals surface area contributed by atoms with Crippen LogP contribution in [-0.4, -0.2) is 65.0 Å². The van der Waals surface area contributed by atoms with Gasteiger partial charge in [0.15, 0.2) is 0 Å². The van der Waals surface area contributed by atoms with Crippen LogP contribution in [0.4, 0.5) is 0 Å². The van der Waals surface area contributed by atoms with E-state index in [4.69, 9.17) is 9.47 Å². The number of piperidine rings is 3. The second-order valence-corrected chi connectivity index (χ2v) is 15.3. The Balaban J connectivity index is 0.825. The molecule has 1 unspecified atom stereocenters. The fourth-order valence-electron chi connectivity index (χ4n) is 8.34. The van der Waals surface area contributed by atoms with Gasteiger partial charge in [-0.15, -0.1) is 0 Å². The van der Waals surface area contributed by atoms with Crippen LogP contribution >= 0.6 is 0 Å². The summed E-state index contributed by atoms with van der Waals surface area (Å²) in [4.78, 5) is 30.1. The average molecular weight is 764 g/mol. The smallest absolute Gasteiger partial charge is 0.307 e. The molecular weight excluding hydrogens is 715 g/mol. The first-order valence-electron chi connectivity index (χ1n) is 20.0. The van der Waals surface area contributed by atoms with E-state index in [2.05, 4.69) is 88.0 Å². The Morgan fingerprint density at radius 1 is 0.825 bits per heavy atom. The molecule has 9 heteroatoms. The zero-order valence-electron chi connectivity index (χ0n) is 32.0. The summed E-state index contributed by atoms with van der Waals surface area (Å²) in [6.45, 7) is 4.49. The minimum absolute atomic E-state index is 0.000900. The molecular formula is C48H49N3O6. The predicted octanol–water partition coefficient (Wildman–Crippen LogP) is 7.50. The number of nitrogens with zero attached hydrogens (tertiary/aromatic N) is 1. The molecule has 2 bridgehead atoms. The van der Waals surface area contributed by atoms with E-state index in [1.54, 1.807) is 12.1 Å². The molecule has 9 rings (SSSR count). The van der Waals surface area contributed by atoms with E-state index >= 15 is 0 Å². The minimum Gasteiger partial charge on any atom is -0.506 e. The summed E-state index contributed by atoms with van der Waals surface area (Å²) in [5, 5.41) is 24.9. The largest absolute Gasteiger partial charge is 0.506 e. The quantitative estimate of drug-likeness (QED) is 0.0794. The van der Waals surface area contributed by atoms with Gasteiger partial charge in [0.05, 0.1) is 24.6 Å². The summed E-state index contributed by atoms with van der Waals surface area (Å²) in [6.07, 6.45) is 2.45. The van der Waals surface area contributed by atoms with Crippen molar-refractivity contribution in [1.82, 2.24) is 15.2 Å². The number of fused-ring (bicyclic) bond motifs is 4. The SMILES string of the molecule is O=C(CC(c1ccccc1)c1cccc(OCCc2ccc(-c3ccc(CNC[C@H](O)c4ccc(O)c5[nH]c(=O)ccc45)cc3)cc2)c1)O[C@H]1CN2CCC1CC2. The van der Waals surface area contributed by atoms with E-state index in [0.29, 0.717) is 42.1 Å². The van der Waals surface area contributed by atoms with Crippen LogP contribution in [0.5, 0.6) is 11.5 Å². The molecule has 3 aliphatic heterocycles. The third-order valence-electron chi connectivity index (χ3n) is 11.5. The zero-order chi connectivity index (χ0) is 39.1. The molecule has 9 nitrogen and oxygen atoms in total. The molecule has 6 aromatic rings. The summed E-state index contributed by atoms with van der Waals surface area (Å²) in [5.41, 5.74) is 7.27. The first kappa shape index (κ1) is 38.1. The van der Waals surface area contributed by atoms with E-state index in [-0.39, 0.29) is 35.7 Å². The summed E-state index contributed by atoms with van der Waals surface area (Å²) in [7, 11) is 0. The van der Waals surface area contributed by atoms with Gasteiger partial charge in [0.25, 0.3) is 0 Å². The molecule has 0 amide bonds. The summed E-state index contributed by atoms with van der Waals surface area (Å²) < 4.78 is 12.4. The number of aromatic hydroxyl groups is 1. The number of esters is 1. The number of phenolic OH excluding ortho intramolecular Hbond substituents is 1. The summed E-state index contributed by atoms with van der Waals surface area (Å²) >= 11 is 0. The second kappa shape index (κ2) is 17.6. The van der Waals surface area contributed by atoms with Gasteiger partial charge in [-0.25, -0.2) is 0 Å². The van der Waals surface area contributed by atoms with Gasteiger partial charge in [0.1, 0.15) is 17.6 Å². The monoisotopic (exact) mass is 763 g/mol. The molecule has 4 heterocycles. The van der Waals surface area contributed by atoms with E-state index in [1.807, 2.05) is 30.3 Å². The number of benzene rings is 5. The number of carbonyl (C=O) groups excluding carboxylic acids is 1. The Hall–Kier alpha value is -5.74. The third kappa shape index (κ3) is 9.29. The van der Waals surface area contributed by atoms with Gasteiger partial charge in [-0.3, -0.25) is 14.5 Å². The molecule has 5 aromatic carbocycles. The number of nitrogens with one attached hydrogen (secondary N) is 2. The van der Waals surface area contributed by atoms with Crippen LogP contribution < -0.4 is 15.6 Å². The van der Waals surface area contributed by atoms with E-state index in [1.165, 1.54) is 17.7 Å². The van der Waals surface area contributed by atoms with Crippen LogP contribution in [0.1, 0.15) is 59.1 Å². The maximum atomic E-state index is 13.3. The first-order chi connectivity index (χ1) is 27.9. The Morgan fingerprint density at radius 3 is 2.26 bits per heavy atom. The van der Waals surface area contributed by atoms with Crippen molar-refractivity contribution in [2.24, 2.45) is 5.92 Å². The van der Waals surface area contributed by atoms with Crippen molar-refractivity contribution in [3.63, 3.8) is 0 Å². The van der Waals surface area contributed by atoms with E-state index < -0.39 is 6.10 Å². The van der Waals surface area contributed by atoms with Crippen LogP contribution in [0, 0.1) is 5.92 Å². The van der Waals surface area contributed by atoms with Crippen molar-refractivity contribution in [2.45, 2.75) is 50.4 Å². The molecule has 3 fully saturated rings. The number of aliphatic hydroxyl groups is 1. The van der Waals surface area contributed by atoms with Crippen molar-refractivity contribution in [3.05, 3.63) is 166 Å². The molecule has 292 valence electrons. The highest BCUT2D eigenvalue weighted by Crippen LogP contribution is 2.34. The molecule has 3 atom stereocenters. The molecule has 0 spiro atoms. The average Bonchev–Trinajstić information content (AvgIpc) is 3.24. The van der Waals surface area contributed by atoms with Gasteiger partial charge < -0.3 is 30.0 Å². The lowest BCUT2D eigenvalue weighted by atomic mass is 9.85. The highest BCUT2D eigenvalue weighted by molar-refractivity contribution is 5.87. The van der Waals surface area contributed by atoms with Crippen LogP contribution in [0.15, 0.2) is 132 Å². The molecule has 4 N–H and O–H groups in total. The van der Waals surface area contributed by atoms with E-state index in [0.717, 1.165) is 72.5 Å². The van der Waals surface area contributed by atoms with Gasteiger partial charge in [0, 0.05) is 43.4 Å². The number of pyridine rings is 1. The number of rotatable bonds is 15. The fraction of sp³-hybridized carbons (Fsp3) is 0.292. The van der Waals surface area contributed by atoms with Crippen molar-refractivity contribution >= 4 is 16.9 Å². The fourth-order valence-corrected chi connectivity index (χ4v) is 8.34.